The first-order valence-electron chi connectivity index (χ1n) is 6.05. The second-order valence-electron chi connectivity index (χ2n) is 4.96. The molecule has 4 N–H and O–H groups in total. The Kier molecular flexibility index (Phi) is 3.07. The van der Waals surface area contributed by atoms with Crippen molar-refractivity contribution in [1.82, 2.24) is 0 Å². The second-order valence-corrected chi connectivity index (χ2v) is 4.96. The molecule has 0 heterocycles. The minimum atomic E-state index is -0.194. The van der Waals surface area contributed by atoms with Crippen LogP contribution in [0.4, 0.5) is 0 Å². The van der Waals surface area contributed by atoms with Gasteiger partial charge in [0, 0.05) is 11.1 Å². The van der Waals surface area contributed by atoms with E-state index in [0.717, 1.165) is 5.70 Å². The van der Waals surface area contributed by atoms with Crippen LogP contribution in [0.5, 0.6) is 0 Å². The standard InChI is InChI=1S/C15H20N2/c1-11(2)15(12-7-4-3-5-8-12)10-6-9-13(16)14(15)17/h3-11,14H,16-17H2,1-2H3. The maximum Gasteiger partial charge on any atom is 0.0578 e. The van der Waals surface area contributed by atoms with E-state index in [-0.39, 0.29) is 11.5 Å². The quantitative estimate of drug-likeness (QED) is 0.816. The molecule has 17 heavy (non-hydrogen) atoms. The van der Waals surface area contributed by atoms with Crippen LogP contribution in [-0.2, 0) is 5.41 Å². The topological polar surface area (TPSA) is 52.0 Å². The van der Waals surface area contributed by atoms with E-state index < -0.39 is 0 Å². The van der Waals surface area contributed by atoms with E-state index in [0.29, 0.717) is 5.92 Å². The van der Waals surface area contributed by atoms with Gasteiger partial charge in [0.1, 0.15) is 0 Å². The fourth-order valence-corrected chi connectivity index (χ4v) is 2.69. The minimum absolute atomic E-state index is 0.158. The molecule has 0 saturated carbocycles. The van der Waals surface area contributed by atoms with Gasteiger partial charge in [0.2, 0.25) is 0 Å². The lowest BCUT2D eigenvalue weighted by molar-refractivity contribution is 0.335. The van der Waals surface area contributed by atoms with Gasteiger partial charge in [-0.3, -0.25) is 0 Å². The third kappa shape index (κ3) is 1.79. The SMILES string of the molecule is CC(C)C1(c2ccccc2)C=CC=C(N)C1N. The summed E-state index contributed by atoms with van der Waals surface area (Å²) in [6, 6.07) is 10.2. The van der Waals surface area contributed by atoms with Crippen molar-refractivity contribution < 1.29 is 0 Å². The Hall–Kier alpha value is -1.54. The van der Waals surface area contributed by atoms with E-state index >= 15 is 0 Å². The zero-order valence-corrected chi connectivity index (χ0v) is 10.4. The highest BCUT2D eigenvalue weighted by atomic mass is 14.8. The number of hydrogen-bond donors (Lipinski definition) is 2. The van der Waals surface area contributed by atoms with Gasteiger partial charge in [-0.2, -0.15) is 0 Å². The Morgan fingerprint density at radius 3 is 2.41 bits per heavy atom. The first-order valence-corrected chi connectivity index (χ1v) is 6.05. The van der Waals surface area contributed by atoms with Crippen LogP contribution in [-0.4, -0.2) is 6.04 Å². The van der Waals surface area contributed by atoms with Crippen molar-refractivity contribution in [1.29, 1.82) is 0 Å². The smallest absolute Gasteiger partial charge is 0.0578 e. The fraction of sp³-hybridized carbons (Fsp3) is 0.333. The van der Waals surface area contributed by atoms with Crippen LogP contribution in [0, 0.1) is 5.92 Å². The average molecular weight is 228 g/mol. The molecule has 1 aromatic carbocycles. The lowest BCUT2D eigenvalue weighted by Crippen LogP contribution is -2.51. The lowest BCUT2D eigenvalue weighted by atomic mass is 9.64. The highest BCUT2D eigenvalue weighted by Crippen LogP contribution is 2.39. The molecule has 0 amide bonds. The van der Waals surface area contributed by atoms with E-state index in [9.17, 15) is 0 Å². The molecule has 1 aliphatic carbocycles. The Bertz CT molecular complexity index is 445. The van der Waals surface area contributed by atoms with E-state index in [1.54, 1.807) is 0 Å². The molecular formula is C15H20N2. The van der Waals surface area contributed by atoms with Crippen molar-refractivity contribution in [2.75, 3.05) is 0 Å². The van der Waals surface area contributed by atoms with Crippen LogP contribution in [0.15, 0.2) is 54.3 Å². The van der Waals surface area contributed by atoms with Crippen LogP contribution in [0.3, 0.4) is 0 Å². The first kappa shape index (κ1) is 11.9. The zero-order valence-electron chi connectivity index (χ0n) is 10.4. The van der Waals surface area contributed by atoms with Gasteiger partial charge in [-0.05, 0) is 17.6 Å². The number of rotatable bonds is 2. The molecule has 90 valence electrons. The van der Waals surface area contributed by atoms with E-state index in [4.69, 9.17) is 11.5 Å². The average Bonchev–Trinajstić information content (AvgIpc) is 2.33. The molecule has 1 aromatic rings. The Morgan fingerprint density at radius 2 is 1.82 bits per heavy atom. The van der Waals surface area contributed by atoms with Gasteiger partial charge in [-0.15, -0.1) is 0 Å². The molecule has 2 nitrogen and oxygen atoms in total. The molecule has 2 unspecified atom stereocenters. The summed E-state index contributed by atoms with van der Waals surface area (Å²) in [5.41, 5.74) is 14.2. The van der Waals surface area contributed by atoms with E-state index in [2.05, 4.69) is 44.2 Å². The molecule has 2 rings (SSSR count). The third-order valence-electron chi connectivity index (χ3n) is 3.76. The molecule has 0 radical (unpaired) electrons. The van der Waals surface area contributed by atoms with Crippen molar-refractivity contribution in [3.8, 4) is 0 Å². The van der Waals surface area contributed by atoms with Gasteiger partial charge in [0.25, 0.3) is 0 Å². The summed E-state index contributed by atoms with van der Waals surface area (Å²) in [6.07, 6.45) is 6.11. The monoisotopic (exact) mass is 228 g/mol. The molecule has 0 aliphatic heterocycles. The van der Waals surface area contributed by atoms with Gasteiger partial charge in [0.05, 0.1) is 6.04 Å². The number of allylic oxidation sites excluding steroid dienone is 2. The molecule has 2 atom stereocenters. The predicted octanol–water partition coefficient (Wildman–Crippen LogP) is 2.32. The van der Waals surface area contributed by atoms with Crippen molar-refractivity contribution in [2.45, 2.75) is 25.3 Å². The summed E-state index contributed by atoms with van der Waals surface area (Å²) >= 11 is 0. The van der Waals surface area contributed by atoms with Crippen molar-refractivity contribution in [3.63, 3.8) is 0 Å². The maximum atomic E-state index is 6.35. The lowest BCUT2D eigenvalue weighted by Gasteiger charge is -2.42. The molecule has 0 aromatic heterocycles. The van der Waals surface area contributed by atoms with E-state index in [1.165, 1.54) is 5.56 Å². The van der Waals surface area contributed by atoms with E-state index in [1.807, 2.05) is 18.2 Å². The number of benzene rings is 1. The molecule has 0 saturated heterocycles. The van der Waals surface area contributed by atoms with Crippen LogP contribution in [0.1, 0.15) is 19.4 Å². The Labute approximate surface area is 103 Å². The molecule has 0 bridgehead atoms. The van der Waals surface area contributed by atoms with Gasteiger partial charge in [-0.25, -0.2) is 0 Å². The van der Waals surface area contributed by atoms with Crippen molar-refractivity contribution in [2.24, 2.45) is 17.4 Å². The second kappa shape index (κ2) is 4.38. The van der Waals surface area contributed by atoms with Crippen LogP contribution >= 0.6 is 0 Å². The maximum absolute atomic E-state index is 6.35. The zero-order chi connectivity index (χ0) is 12.5. The highest BCUT2D eigenvalue weighted by Gasteiger charge is 2.41. The summed E-state index contributed by atoms with van der Waals surface area (Å²) in [5, 5.41) is 0. The number of nitrogens with two attached hydrogens (primary N) is 2. The summed E-state index contributed by atoms with van der Waals surface area (Å²) in [6.45, 7) is 4.38. The Balaban J connectivity index is 2.56. The molecule has 0 spiro atoms. The molecular weight excluding hydrogens is 208 g/mol. The molecule has 2 heteroatoms. The van der Waals surface area contributed by atoms with Crippen molar-refractivity contribution >= 4 is 0 Å². The molecule has 0 fully saturated rings. The van der Waals surface area contributed by atoms with Crippen LogP contribution in [0.25, 0.3) is 0 Å². The summed E-state index contributed by atoms with van der Waals surface area (Å²) in [7, 11) is 0. The summed E-state index contributed by atoms with van der Waals surface area (Å²) < 4.78 is 0. The van der Waals surface area contributed by atoms with Crippen molar-refractivity contribution in [3.05, 3.63) is 59.8 Å². The summed E-state index contributed by atoms with van der Waals surface area (Å²) in [4.78, 5) is 0. The largest absolute Gasteiger partial charge is 0.401 e. The van der Waals surface area contributed by atoms with Crippen LogP contribution in [0.2, 0.25) is 0 Å². The highest BCUT2D eigenvalue weighted by molar-refractivity contribution is 5.42. The van der Waals surface area contributed by atoms with Crippen LogP contribution < -0.4 is 11.5 Å². The van der Waals surface area contributed by atoms with Gasteiger partial charge < -0.3 is 11.5 Å². The summed E-state index contributed by atoms with van der Waals surface area (Å²) in [5.74, 6) is 0.392. The predicted molar refractivity (Wildman–Crippen MR) is 72.3 cm³/mol. The fourth-order valence-electron chi connectivity index (χ4n) is 2.69. The van der Waals surface area contributed by atoms with Gasteiger partial charge in [0.15, 0.2) is 0 Å². The normalized spacial score (nSPS) is 28.2. The Morgan fingerprint density at radius 1 is 1.18 bits per heavy atom. The minimum Gasteiger partial charge on any atom is -0.401 e. The first-order chi connectivity index (χ1) is 8.09. The third-order valence-corrected chi connectivity index (χ3v) is 3.76. The molecule has 1 aliphatic rings. The van der Waals surface area contributed by atoms with Gasteiger partial charge in [-0.1, -0.05) is 56.3 Å². The van der Waals surface area contributed by atoms with Gasteiger partial charge >= 0.3 is 0 Å². The number of hydrogen-bond acceptors (Lipinski definition) is 2.